The summed E-state index contributed by atoms with van der Waals surface area (Å²) in [6.07, 6.45) is 4.02. The van der Waals surface area contributed by atoms with Gasteiger partial charge in [0.05, 0.1) is 48.8 Å². The molecule has 0 radical (unpaired) electrons. The SMILES string of the molecule is COc1cnc(-c2cc3[nH]c(CNC(=O)[C@H]4C[C@@H]4OC)cc3cc2Cl)cn1. The third kappa shape index (κ3) is 3.61. The number of amides is 1. The van der Waals surface area contributed by atoms with Crippen molar-refractivity contribution in [2.24, 2.45) is 5.92 Å². The first-order valence-corrected chi connectivity index (χ1v) is 8.95. The predicted molar refractivity (Wildman–Crippen MR) is 102 cm³/mol. The zero-order valence-corrected chi connectivity index (χ0v) is 15.7. The molecule has 8 heteroatoms. The zero-order valence-electron chi connectivity index (χ0n) is 15.0. The number of hydrogen-bond acceptors (Lipinski definition) is 5. The first-order valence-electron chi connectivity index (χ1n) is 8.57. The first kappa shape index (κ1) is 17.8. The summed E-state index contributed by atoms with van der Waals surface area (Å²) >= 11 is 6.43. The Hall–Kier alpha value is -2.64. The largest absolute Gasteiger partial charge is 0.480 e. The van der Waals surface area contributed by atoms with Crippen LogP contribution in [-0.2, 0) is 16.1 Å². The van der Waals surface area contributed by atoms with E-state index in [0.29, 0.717) is 23.1 Å². The van der Waals surface area contributed by atoms with E-state index in [-0.39, 0.29) is 17.9 Å². The van der Waals surface area contributed by atoms with Gasteiger partial charge in [0.15, 0.2) is 0 Å². The topological polar surface area (TPSA) is 89.1 Å². The van der Waals surface area contributed by atoms with E-state index in [2.05, 4.69) is 20.3 Å². The molecule has 2 N–H and O–H groups in total. The number of rotatable bonds is 6. The number of H-pyrrole nitrogens is 1. The molecule has 2 atom stereocenters. The second kappa shape index (κ2) is 7.17. The van der Waals surface area contributed by atoms with Gasteiger partial charge in [0.2, 0.25) is 11.8 Å². The molecule has 2 heterocycles. The Morgan fingerprint density at radius 3 is 2.81 bits per heavy atom. The lowest BCUT2D eigenvalue weighted by Crippen LogP contribution is -2.25. The molecule has 7 nitrogen and oxygen atoms in total. The maximum atomic E-state index is 12.1. The molecule has 0 bridgehead atoms. The summed E-state index contributed by atoms with van der Waals surface area (Å²) in [5.74, 6) is 0.432. The van der Waals surface area contributed by atoms with Gasteiger partial charge in [0.1, 0.15) is 0 Å². The minimum absolute atomic E-state index is 0.0211. The molecule has 27 heavy (non-hydrogen) atoms. The van der Waals surface area contributed by atoms with Crippen molar-refractivity contribution < 1.29 is 14.3 Å². The lowest BCUT2D eigenvalue weighted by molar-refractivity contribution is -0.123. The summed E-state index contributed by atoms with van der Waals surface area (Å²) in [4.78, 5) is 23.9. The van der Waals surface area contributed by atoms with E-state index in [4.69, 9.17) is 21.1 Å². The molecule has 2 aromatic heterocycles. The lowest BCUT2D eigenvalue weighted by atomic mass is 10.1. The number of nitrogens with zero attached hydrogens (tertiary/aromatic N) is 2. The van der Waals surface area contributed by atoms with Crippen molar-refractivity contribution in [3.8, 4) is 17.1 Å². The number of aromatic nitrogens is 3. The smallest absolute Gasteiger partial charge is 0.232 e. The third-order valence-electron chi connectivity index (χ3n) is 4.70. The van der Waals surface area contributed by atoms with Gasteiger partial charge in [0.25, 0.3) is 0 Å². The summed E-state index contributed by atoms with van der Waals surface area (Å²) in [5.41, 5.74) is 3.25. The highest BCUT2D eigenvalue weighted by Crippen LogP contribution is 2.33. The van der Waals surface area contributed by atoms with Gasteiger partial charge in [0, 0.05) is 29.3 Å². The average Bonchev–Trinajstić information content (AvgIpc) is 3.38. The van der Waals surface area contributed by atoms with Crippen molar-refractivity contribution in [3.05, 3.63) is 41.3 Å². The number of methoxy groups -OCH3 is 2. The molecular formula is C19H19ClN4O3. The Morgan fingerprint density at radius 1 is 1.30 bits per heavy atom. The van der Waals surface area contributed by atoms with E-state index in [1.54, 1.807) is 26.6 Å². The van der Waals surface area contributed by atoms with Crippen LogP contribution in [0.5, 0.6) is 5.88 Å². The number of benzene rings is 1. The van der Waals surface area contributed by atoms with E-state index >= 15 is 0 Å². The van der Waals surface area contributed by atoms with Crippen molar-refractivity contribution >= 4 is 28.4 Å². The summed E-state index contributed by atoms with van der Waals surface area (Å²) in [5, 5.41) is 4.49. The van der Waals surface area contributed by atoms with Crippen molar-refractivity contribution in [3.63, 3.8) is 0 Å². The van der Waals surface area contributed by atoms with Gasteiger partial charge < -0.3 is 19.8 Å². The number of carbonyl (C=O) groups excluding carboxylic acids is 1. The van der Waals surface area contributed by atoms with Crippen LogP contribution in [0.1, 0.15) is 12.1 Å². The molecule has 4 rings (SSSR count). The first-order chi connectivity index (χ1) is 13.1. The molecule has 1 aliphatic rings. The minimum Gasteiger partial charge on any atom is -0.480 e. The van der Waals surface area contributed by atoms with Gasteiger partial charge >= 0.3 is 0 Å². The maximum Gasteiger partial charge on any atom is 0.232 e. The van der Waals surface area contributed by atoms with E-state index in [0.717, 1.165) is 28.6 Å². The van der Waals surface area contributed by atoms with Crippen LogP contribution in [0.4, 0.5) is 0 Å². The Morgan fingerprint density at radius 2 is 2.15 bits per heavy atom. The normalized spacial score (nSPS) is 18.5. The number of carbonyl (C=O) groups is 1. The molecule has 1 fully saturated rings. The van der Waals surface area contributed by atoms with Crippen molar-refractivity contribution in [1.82, 2.24) is 20.3 Å². The fraction of sp³-hybridized carbons (Fsp3) is 0.316. The Labute approximate surface area is 161 Å². The van der Waals surface area contributed by atoms with Gasteiger partial charge in [-0.1, -0.05) is 11.6 Å². The molecular weight excluding hydrogens is 368 g/mol. The molecule has 1 aliphatic carbocycles. The average molecular weight is 387 g/mol. The maximum absolute atomic E-state index is 12.1. The van der Waals surface area contributed by atoms with E-state index < -0.39 is 0 Å². The van der Waals surface area contributed by atoms with Crippen LogP contribution in [0, 0.1) is 5.92 Å². The quantitative estimate of drug-likeness (QED) is 0.680. The van der Waals surface area contributed by atoms with Gasteiger partial charge in [-0.3, -0.25) is 4.79 Å². The van der Waals surface area contributed by atoms with E-state index in [1.165, 1.54) is 0 Å². The van der Waals surface area contributed by atoms with Crippen LogP contribution >= 0.6 is 11.6 Å². The number of hydrogen-bond donors (Lipinski definition) is 2. The van der Waals surface area contributed by atoms with E-state index in [9.17, 15) is 4.79 Å². The summed E-state index contributed by atoms with van der Waals surface area (Å²) < 4.78 is 10.2. The second-order valence-corrected chi connectivity index (χ2v) is 6.90. The van der Waals surface area contributed by atoms with Crippen LogP contribution in [-0.4, -0.2) is 41.2 Å². The highest BCUT2D eigenvalue weighted by atomic mass is 35.5. The number of halogens is 1. The van der Waals surface area contributed by atoms with Gasteiger partial charge in [-0.2, -0.15) is 0 Å². The summed E-state index contributed by atoms with van der Waals surface area (Å²) in [6, 6.07) is 5.79. The monoisotopic (exact) mass is 386 g/mol. The lowest BCUT2D eigenvalue weighted by Gasteiger charge is -2.05. The van der Waals surface area contributed by atoms with Gasteiger partial charge in [-0.25, -0.2) is 9.97 Å². The highest BCUT2D eigenvalue weighted by molar-refractivity contribution is 6.34. The Balaban J connectivity index is 1.53. The van der Waals surface area contributed by atoms with Crippen molar-refractivity contribution in [2.75, 3.05) is 14.2 Å². The summed E-state index contributed by atoms with van der Waals surface area (Å²) in [6.45, 7) is 0.426. The van der Waals surface area contributed by atoms with Crippen molar-refractivity contribution in [2.45, 2.75) is 19.1 Å². The van der Waals surface area contributed by atoms with E-state index in [1.807, 2.05) is 18.2 Å². The van der Waals surface area contributed by atoms with Crippen LogP contribution in [0.15, 0.2) is 30.6 Å². The van der Waals surface area contributed by atoms with Gasteiger partial charge in [-0.15, -0.1) is 0 Å². The van der Waals surface area contributed by atoms with Crippen LogP contribution in [0.25, 0.3) is 22.2 Å². The van der Waals surface area contributed by atoms with Crippen LogP contribution in [0.2, 0.25) is 5.02 Å². The molecule has 0 saturated heterocycles. The third-order valence-corrected chi connectivity index (χ3v) is 5.01. The molecule has 3 aromatic rings. The van der Waals surface area contributed by atoms with Gasteiger partial charge in [-0.05, 0) is 24.6 Å². The van der Waals surface area contributed by atoms with Crippen molar-refractivity contribution in [1.29, 1.82) is 0 Å². The molecule has 0 aliphatic heterocycles. The Bertz CT molecular complexity index is 987. The Kier molecular flexibility index (Phi) is 4.72. The highest BCUT2D eigenvalue weighted by Gasteiger charge is 2.43. The number of ether oxygens (including phenoxy) is 2. The standard InChI is InChI=1S/C19H19ClN4O3/c1-26-17-6-13(17)19(25)23-7-11-3-10-4-14(20)12(5-15(10)24-11)16-8-22-18(27-2)9-21-16/h3-5,8-9,13,17,24H,6-7H2,1-2H3,(H,23,25)/t13-,17-/m0/s1. The molecule has 0 spiro atoms. The molecule has 140 valence electrons. The minimum atomic E-state index is -0.0333. The fourth-order valence-corrected chi connectivity index (χ4v) is 3.36. The summed E-state index contributed by atoms with van der Waals surface area (Å²) in [7, 11) is 3.17. The second-order valence-electron chi connectivity index (χ2n) is 6.49. The molecule has 1 saturated carbocycles. The number of aromatic amines is 1. The molecule has 0 unspecified atom stereocenters. The van der Waals surface area contributed by atoms with Crippen LogP contribution < -0.4 is 10.1 Å². The predicted octanol–water partition coefficient (Wildman–Crippen LogP) is 2.94. The number of fused-ring (bicyclic) bond motifs is 1. The zero-order chi connectivity index (χ0) is 19.0. The fourth-order valence-electron chi connectivity index (χ4n) is 3.09. The van der Waals surface area contributed by atoms with Crippen LogP contribution in [0.3, 0.4) is 0 Å². The molecule has 1 aromatic carbocycles. The number of nitrogens with one attached hydrogen (secondary N) is 2. The molecule has 1 amide bonds.